The van der Waals surface area contributed by atoms with Crippen LogP contribution in [-0.2, 0) is 0 Å². The summed E-state index contributed by atoms with van der Waals surface area (Å²) in [5.41, 5.74) is 3.98. The Morgan fingerprint density at radius 3 is 2.52 bits per heavy atom. The van der Waals surface area contributed by atoms with Crippen LogP contribution in [0.15, 0.2) is 24.3 Å². The molecular weight excluding hydrogens is 289 g/mol. The third-order valence-corrected chi connectivity index (χ3v) is 4.21. The fourth-order valence-electron chi connectivity index (χ4n) is 2.75. The monoisotopic (exact) mass is 307 g/mol. The molecule has 0 bridgehead atoms. The number of carbonyl (C=O) groups is 1. The minimum Gasteiger partial charge on any atom is -0.341 e. The molecule has 0 aliphatic heterocycles. The molecule has 112 valence electrons. The van der Waals surface area contributed by atoms with Crippen molar-refractivity contribution in [3.8, 4) is 0 Å². The van der Waals surface area contributed by atoms with Crippen molar-refractivity contribution < 1.29 is 9.18 Å². The summed E-state index contributed by atoms with van der Waals surface area (Å²) in [6.45, 7) is 7.58. The molecule has 1 aromatic carbocycles. The number of aryl methyl sites for hydroxylation is 2. The summed E-state index contributed by atoms with van der Waals surface area (Å²) in [7, 11) is 0. The third kappa shape index (κ3) is 2.88. The average molecular weight is 308 g/mol. The summed E-state index contributed by atoms with van der Waals surface area (Å²) in [5, 5.41) is 0. The van der Waals surface area contributed by atoms with Gasteiger partial charge in [0.2, 0.25) is 0 Å². The van der Waals surface area contributed by atoms with E-state index in [0.29, 0.717) is 11.1 Å². The number of aromatic nitrogens is 1. The predicted molar refractivity (Wildman–Crippen MR) is 83.9 cm³/mol. The molecule has 0 amide bonds. The molecule has 0 radical (unpaired) electrons. The van der Waals surface area contributed by atoms with Crippen LogP contribution in [0.2, 0.25) is 0 Å². The van der Waals surface area contributed by atoms with Gasteiger partial charge in [0.1, 0.15) is 5.82 Å². The summed E-state index contributed by atoms with van der Waals surface area (Å²) in [6.07, 6.45) is 0. The SMILES string of the molecule is Cc1ccc(C(C)n2c(C)cc(C(=O)CCl)c2C)cc1F. The maximum absolute atomic E-state index is 13.8. The summed E-state index contributed by atoms with van der Waals surface area (Å²) < 4.78 is 15.8. The molecule has 0 aliphatic carbocycles. The van der Waals surface area contributed by atoms with E-state index in [-0.39, 0.29) is 23.5 Å². The fraction of sp³-hybridized carbons (Fsp3) is 0.353. The molecule has 1 aromatic heterocycles. The molecule has 0 saturated heterocycles. The number of rotatable bonds is 4. The molecule has 1 unspecified atom stereocenters. The molecule has 2 rings (SSSR count). The smallest absolute Gasteiger partial charge is 0.179 e. The average Bonchev–Trinajstić information content (AvgIpc) is 2.75. The van der Waals surface area contributed by atoms with Gasteiger partial charge in [0.25, 0.3) is 0 Å². The topological polar surface area (TPSA) is 22.0 Å². The van der Waals surface area contributed by atoms with E-state index < -0.39 is 0 Å². The molecule has 2 aromatic rings. The van der Waals surface area contributed by atoms with Crippen molar-refractivity contribution in [1.82, 2.24) is 4.57 Å². The lowest BCUT2D eigenvalue weighted by atomic mass is 10.1. The van der Waals surface area contributed by atoms with E-state index in [9.17, 15) is 9.18 Å². The van der Waals surface area contributed by atoms with Gasteiger partial charge in [-0.25, -0.2) is 4.39 Å². The van der Waals surface area contributed by atoms with Gasteiger partial charge in [-0.05, 0) is 51.0 Å². The van der Waals surface area contributed by atoms with Crippen LogP contribution in [-0.4, -0.2) is 16.2 Å². The Morgan fingerprint density at radius 1 is 1.29 bits per heavy atom. The lowest BCUT2D eigenvalue weighted by Gasteiger charge is -2.19. The summed E-state index contributed by atoms with van der Waals surface area (Å²) in [4.78, 5) is 11.9. The van der Waals surface area contributed by atoms with Gasteiger partial charge < -0.3 is 4.57 Å². The molecule has 21 heavy (non-hydrogen) atoms. The van der Waals surface area contributed by atoms with Crippen molar-refractivity contribution in [2.75, 3.05) is 5.88 Å². The Morgan fingerprint density at radius 2 is 1.95 bits per heavy atom. The molecule has 1 heterocycles. The van der Waals surface area contributed by atoms with E-state index in [0.717, 1.165) is 17.0 Å². The lowest BCUT2D eigenvalue weighted by Crippen LogP contribution is -2.12. The van der Waals surface area contributed by atoms with Gasteiger partial charge in [-0.3, -0.25) is 4.79 Å². The van der Waals surface area contributed by atoms with Crippen LogP contribution >= 0.6 is 11.6 Å². The first kappa shape index (κ1) is 15.8. The molecule has 2 nitrogen and oxygen atoms in total. The standard InChI is InChI=1S/C17H19ClFNO/c1-10-5-6-14(8-16(10)19)12(3)20-11(2)7-15(13(20)4)17(21)9-18/h5-8,12H,9H2,1-4H3. The van der Waals surface area contributed by atoms with Gasteiger partial charge in [-0.2, -0.15) is 0 Å². The van der Waals surface area contributed by atoms with Gasteiger partial charge in [0.15, 0.2) is 5.78 Å². The van der Waals surface area contributed by atoms with Crippen molar-refractivity contribution in [1.29, 1.82) is 0 Å². The molecule has 0 aliphatic rings. The first-order valence-electron chi connectivity index (χ1n) is 6.90. The number of ketones is 1. The van der Waals surface area contributed by atoms with Crippen LogP contribution in [0.5, 0.6) is 0 Å². The summed E-state index contributed by atoms with van der Waals surface area (Å²) >= 11 is 5.65. The van der Waals surface area contributed by atoms with Gasteiger partial charge in [0, 0.05) is 17.0 Å². The minimum atomic E-state index is -0.209. The van der Waals surface area contributed by atoms with Crippen LogP contribution < -0.4 is 0 Å². The van der Waals surface area contributed by atoms with Crippen LogP contribution in [0.25, 0.3) is 0 Å². The first-order chi connectivity index (χ1) is 9.86. The Kier molecular flexibility index (Phi) is 4.52. The highest BCUT2D eigenvalue weighted by molar-refractivity contribution is 6.30. The highest BCUT2D eigenvalue weighted by Gasteiger charge is 2.19. The van der Waals surface area contributed by atoms with E-state index in [2.05, 4.69) is 0 Å². The molecule has 4 heteroatoms. The number of nitrogens with zero attached hydrogens (tertiary/aromatic N) is 1. The number of benzene rings is 1. The van der Waals surface area contributed by atoms with Crippen LogP contribution in [0.4, 0.5) is 4.39 Å². The van der Waals surface area contributed by atoms with E-state index in [1.165, 1.54) is 0 Å². The Hall–Kier alpha value is -1.61. The molecule has 0 N–H and O–H groups in total. The third-order valence-electron chi connectivity index (χ3n) is 3.97. The second-order valence-electron chi connectivity index (χ2n) is 5.40. The van der Waals surface area contributed by atoms with Crippen molar-refractivity contribution in [2.24, 2.45) is 0 Å². The van der Waals surface area contributed by atoms with Crippen molar-refractivity contribution >= 4 is 17.4 Å². The molecule has 0 spiro atoms. The molecule has 0 fully saturated rings. The number of hydrogen-bond acceptors (Lipinski definition) is 1. The van der Waals surface area contributed by atoms with Crippen molar-refractivity contribution in [3.63, 3.8) is 0 Å². The van der Waals surface area contributed by atoms with Crippen LogP contribution in [0, 0.1) is 26.6 Å². The largest absolute Gasteiger partial charge is 0.341 e. The Bertz CT molecular complexity index is 690. The Labute approximate surface area is 129 Å². The van der Waals surface area contributed by atoms with E-state index in [4.69, 9.17) is 11.6 Å². The summed E-state index contributed by atoms with van der Waals surface area (Å²) in [6, 6.07) is 7.06. The first-order valence-corrected chi connectivity index (χ1v) is 7.44. The maximum atomic E-state index is 13.8. The Balaban J connectivity index is 2.48. The van der Waals surface area contributed by atoms with Crippen LogP contribution in [0.3, 0.4) is 0 Å². The van der Waals surface area contributed by atoms with E-state index in [1.54, 1.807) is 19.1 Å². The highest BCUT2D eigenvalue weighted by Crippen LogP contribution is 2.27. The quantitative estimate of drug-likeness (QED) is 0.598. The zero-order valence-corrected chi connectivity index (χ0v) is 13.5. The fourth-order valence-corrected chi connectivity index (χ4v) is 2.89. The number of alkyl halides is 1. The van der Waals surface area contributed by atoms with Crippen LogP contribution in [0.1, 0.15) is 45.8 Å². The molecular formula is C17H19ClFNO. The zero-order valence-electron chi connectivity index (χ0n) is 12.7. The lowest BCUT2D eigenvalue weighted by molar-refractivity contribution is 0.102. The molecule has 0 saturated carbocycles. The van der Waals surface area contributed by atoms with Gasteiger partial charge >= 0.3 is 0 Å². The van der Waals surface area contributed by atoms with Crippen molar-refractivity contribution in [2.45, 2.75) is 33.7 Å². The number of halogens is 2. The number of carbonyl (C=O) groups excluding carboxylic acids is 1. The highest BCUT2D eigenvalue weighted by atomic mass is 35.5. The van der Waals surface area contributed by atoms with Gasteiger partial charge in [0.05, 0.1) is 11.9 Å². The maximum Gasteiger partial charge on any atom is 0.179 e. The summed E-state index contributed by atoms with van der Waals surface area (Å²) in [5.74, 6) is -0.324. The van der Waals surface area contributed by atoms with E-state index >= 15 is 0 Å². The second kappa shape index (κ2) is 6.02. The number of hydrogen-bond donors (Lipinski definition) is 0. The predicted octanol–water partition coefficient (Wildman–Crippen LogP) is 4.58. The van der Waals surface area contributed by atoms with Gasteiger partial charge in [-0.15, -0.1) is 11.6 Å². The van der Waals surface area contributed by atoms with Crippen molar-refractivity contribution in [3.05, 3.63) is 58.2 Å². The van der Waals surface area contributed by atoms with Gasteiger partial charge in [-0.1, -0.05) is 12.1 Å². The number of Topliss-reactive ketones (excluding diaryl/α,β-unsaturated/α-hetero) is 1. The second-order valence-corrected chi connectivity index (χ2v) is 5.66. The zero-order chi connectivity index (χ0) is 15.7. The van der Waals surface area contributed by atoms with E-state index in [1.807, 2.05) is 37.5 Å². The molecule has 1 atom stereocenters. The normalized spacial score (nSPS) is 12.5. The minimum absolute atomic E-state index is 0.0299.